The molecule has 0 saturated heterocycles. The SMILES string of the molecule is CN(C)[C@@H]1C(O)=C(C(N)=O)C(=O)[C@@]2(O)C(O)=C3C(Cc4cccc(O)c4C3O)CC12. The van der Waals surface area contributed by atoms with Crippen molar-refractivity contribution in [2.75, 3.05) is 14.1 Å². The van der Waals surface area contributed by atoms with Crippen LogP contribution in [-0.2, 0) is 16.0 Å². The number of benzene rings is 1. The maximum absolute atomic E-state index is 13.1. The summed E-state index contributed by atoms with van der Waals surface area (Å²) in [7, 11) is 3.21. The van der Waals surface area contributed by atoms with Crippen LogP contribution in [0.3, 0.4) is 0 Å². The molecule has 1 aromatic rings. The zero-order valence-corrected chi connectivity index (χ0v) is 16.5. The molecular formula is C21H24N2O7. The number of likely N-dealkylation sites (N-methyl/N-ethyl adjacent to an activating group) is 1. The smallest absolute Gasteiger partial charge is 0.255 e. The zero-order valence-electron chi connectivity index (χ0n) is 16.5. The van der Waals surface area contributed by atoms with Gasteiger partial charge in [0.25, 0.3) is 5.91 Å². The number of fused-ring (bicyclic) bond motifs is 3. The van der Waals surface area contributed by atoms with Gasteiger partial charge in [-0.1, -0.05) is 12.1 Å². The molecule has 0 heterocycles. The average Bonchev–Trinajstić information content (AvgIpc) is 2.64. The van der Waals surface area contributed by atoms with Gasteiger partial charge in [0.05, 0.1) is 6.04 Å². The van der Waals surface area contributed by atoms with E-state index < -0.39 is 58.4 Å². The van der Waals surface area contributed by atoms with Gasteiger partial charge < -0.3 is 31.3 Å². The first-order chi connectivity index (χ1) is 14.0. The van der Waals surface area contributed by atoms with Gasteiger partial charge in [0.2, 0.25) is 5.78 Å². The van der Waals surface area contributed by atoms with E-state index in [1.807, 2.05) is 0 Å². The third kappa shape index (κ3) is 2.46. The Kier molecular flexibility index (Phi) is 4.46. The Labute approximate surface area is 172 Å². The number of carbonyl (C=O) groups is 2. The molecule has 3 aliphatic carbocycles. The first-order valence-electron chi connectivity index (χ1n) is 9.60. The van der Waals surface area contributed by atoms with E-state index in [2.05, 4.69) is 0 Å². The van der Waals surface area contributed by atoms with Crippen molar-refractivity contribution in [1.29, 1.82) is 0 Å². The van der Waals surface area contributed by atoms with Crippen LogP contribution in [0.25, 0.3) is 0 Å². The van der Waals surface area contributed by atoms with E-state index in [-0.39, 0.29) is 23.3 Å². The van der Waals surface area contributed by atoms with E-state index in [1.54, 1.807) is 26.2 Å². The largest absolute Gasteiger partial charge is 0.510 e. The molecule has 5 atom stereocenters. The fourth-order valence-corrected chi connectivity index (χ4v) is 5.37. The van der Waals surface area contributed by atoms with E-state index in [9.17, 15) is 35.1 Å². The van der Waals surface area contributed by atoms with Crippen molar-refractivity contribution < 1.29 is 35.1 Å². The summed E-state index contributed by atoms with van der Waals surface area (Å²) in [5.74, 6) is -5.31. The minimum Gasteiger partial charge on any atom is -0.510 e. The minimum absolute atomic E-state index is 0.0267. The predicted octanol–water partition coefficient (Wildman–Crippen LogP) is -0.0287. The van der Waals surface area contributed by atoms with Gasteiger partial charge in [-0.3, -0.25) is 14.5 Å². The highest BCUT2D eigenvalue weighted by molar-refractivity contribution is 6.23. The van der Waals surface area contributed by atoms with E-state index in [4.69, 9.17) is 5.73 Å². The third-order valence-corrected chi connectivity index (χ3v) is 6.65. The number of carbonyl (C=O) groups excluding carboxylic acids is 2. The molecule has 9 heteroatoms. The lowest BCUT2D eigenvalue weighted by Crippen LogP contribution is -2.63. The van der Waals surface area contributed by atoms with Gasteiger partial charge in [-0.2, -0.15) is 0 Å². The van der Waals surface area contributed by atoms with Crippen molar-refractivity contribution in [3.8, 4) is 5.75 Å². The Balaban J connectivity index is 1.96. The Bertz CT molecular complexity index is 1030. The maximum Gasteiger partial charge on any atom is 0.255 e. The highest BCUT2D eigenvalue weighted by Crippen LogP contribution is 2.54. The van der Waals surface area contributed by atoms with Crippen molar-refractivity contribution in [3.63, 3.8) is 0 Å². The minimum atomic E-state index is -2.54. The van der Waals surface area contributed by atoms with E-state index in [0.717, 1.165) is 0 Å². The number of primary amides is 1. The number of amides is 1. The molecule has 7 N–H and O–H groups in total. The van der Waals surface area contributed by atoms with Gasteiger partial charge >= 0.3 is 0 Å². The summed E-state index contributed by atoms with van der Waals surface area (Å²) in [5.41, 5.74) is 2.90. The lowest BCUT2D eigenvalue weighted by molar-refractivity contribution is -0.149. The Morgan fingerprint density at radius 2 is 1.90 bits per heavy atom. The monoisotopic (exact) mass is 416 g/mol. The second kappa shape index (κ2) is 6.56. The number of phenols is 1. The number of nitrogens with zero attached hydrogens (tertiary/aromatic N) is 1. The predicted molar refractivity (Wildman–Crippen MR) is 104 cm³/mol. The van der Waals surface area contributed by atoms with Crippen LogP contribution >= 0.6 is 0 Å². The van der Waals surface area contributed by atoms with E-state index in [0.29, 0.717) is 12.0 Å². The topological polar surface area (TPSA) is 165 Å². The molecule has 0 spiro atoms. The van der Waals surface area contributed by atoms with Crippen LogP contribution in [0, 0.1) is 11.8 Å². The molecule has 0 radical (unpaired) electrons. The lowest BCUT2D eigenvalue weighted by Gasteiger charge is -2.51. The molecule has 30 heavy (non-hydrogen) atoms. The summed E-state index contributed by atoms with van der Waals surface area (Å²) < 4.78 is 0. The molecule has 160 valence electrons. The molecule has 9 nitrogen and oxygen atoms in total. The van der Waals surface area contributed by atoms with Crippen LogP contribution in [0.1, 0.15) is 23.7 Å². The van der Waals surface area contributed by atoms with Crippen molar-refractivity contribution in [2.45, 2.75) is 30.6 Å². The number of hydrogen-bond donors (Lipinski definition) is 6. The van der Waals surface area contributed by atoms with Crippen molar-refractivity contribution >= 4 is 11.7 Å². The Hall–Kier alpha value is -2.88. The summed E-state index contributed by atoms with van der Waals surface area (Å²) in [5, 5.41) is 54.3. The van der Waals surface area contributed by atoms with Crippen molar-refractivity contribution in [1.82, 2.24) is 4.90 Å². The normalized spacial score (nSPS) is 33.3. The van der Waals surface area contributed by atoms with E-state index in [1.165, 1.54) is 11.0 Å². The highest BCUT2D eigenvalue weighted by atomic mass is 16.4. The molecule has 1 aromatic carbocycles. The van der Waals surface area contributed by atoms with Crippen molar-refractivity contribution in [2.24, 2.45) is 17.6 Å². The van der Waals surface area contributed by atoms with Crippen molar-refractivity contribution in [3.05, 3.63) is 52.0 Å². The summed E-state index contributed by atoms with van der Waals surface area (Å²) in [6.45, 7) is 0. The molecule has 3 aliphatic rings. The van der Waals surface area contributed by atoms with Gasteiger partial charge in [-0.25, -0.2) is 0 Å². The van der Waals surface area contributed by atoms with Crippen LogP contribution in [0.2, 0.25) is 0 Å². The van der Waals surface area contributed by atoms with Crippen LogP contribution in [0.5, 0.6) is 5.75 Å². The fraction of sp³-hybridized carbons (Fsp3) is 0.429. The highest BCUT2D eigenvalue weighted by Gasteiger charge is 2.63. The molecule has 4 rings (SSSR count). The molecule has 0 fully saturated rings. The summed E-state index contributed by atoms with van der Waals surface area (Å²) >= 11 is 0. The van der Waals surface area contributed by atoms with Gasteiger partial charge in [0.15, 0.2) is 5.60 Å². The number of rotatable bonds is 2. The Morgan fingerprint density at radius 1 is 1.23 bits per heavy atom. The number of phenolic OH excluding ortho intramolecular Hbond substituents is 1. The molecule has 1 amide bonds. The average molecular weight is 416 g/mol. The third-order valence-electron chi connectivity index (χ3n) is 6.65. The number of Topliss-reactive ketones (excluding diaryl/α,β-unsaturated/α-hetero) is 1. The quantitative estimate of drug-likeness (QED) is 0.366. The molecule has 0 bridgehead atoms. The summed E-state index contributed by atoms with van der Waals surface area (Å²) in [4.78, 5) is 26.5. The maximum atomic E-state index is 13.1. The standard InChI is InChI=1S/C21H24N2O7/c1-23(2)15-10-7-9-6-8-4-3-5-11(24)12(8)16(25)13(9)18(27)21(10,30)19(28)14(17(15)26)20(22)29/h3-5,9-10,15-16,24-27,30H,6-7H2,1-2H3,(H2,22,29)/t9?,10?,15-,16?,21-/m0/s1. The first kappa shape index (κ1) is 20.4. The molecule has 0 saturated carbocycles. The van der Waals surface area contributed by atoms with Gasteiger partial charge in [-0.15, -0.1) is 0 Å². The molecule has 3 unspecified atom stereocenters. The number of nitrogens with two attached hydrogens (primary N) is 1. The number of hydrogen-bond acceptors (Lipinski definition) is 8. The van der Waals surface area contributed by atoms with E-state index >= 15 is 0 Å². The first-order valence-corrected chi connectivity index (χ1v) is 9.60. The molecule has 0 aliphatic heterocycles. The second-order valence-corrected chi connectivity index (χ2v) is 8.43. The van der Waals surface area contributed by atoms with Crippen LogP contribution in [0.4, 0.5) is 0 Å². The summed E-state index contributed by atoms with van der Waals surface area (Å²) in [6.07, 6.45) is -0.937. The summed E-state index contributed by atoms with van der Waals surface area (Å²) in [6, 6.07) is 3.85. The van der Waals surface area contributed by atoms with Gasteiger partial charge in [-0.05, 0) is 44.5 Å². The Morgan fingerprint density at radius 3 is 2.50 bits per heavy atom. The van der Waals surface area contributed by atoms with Gasteiger partial charge in [0, 0.05) is 17.1 Å². The van der Waals surface area contributed by atoms with Crippen LogP contribution in [0.15, 0.2) is 40.9 Å². The van der Waals surface area contributed by atoms with Gasteiger partial charge in [0.1, 0.15) is 28.9 Å². The number of aliphatic hydroxyl groups excluding tert-OH is 3. The number of aromatic hydroxyl groups is 1. The lowest BCUT2D eigenvalue weighted by atomic mass is 9.58. The molecule has 0 aromatic heterocycles. The zero-order chi connectivity index (χ0) is 22.1. The number of aliphatic hydroxyl groups is 4. The van der Waals surface area contributed by atoms with Crippen LogP contribution < -0.4 is 5.73 Å². The molecular weight excluding hydrogens is 392 g/mol. The number of ketones is 1. The van der Waals surface area contributed by atoms with Crippen LogP contribution in [-0.4, -0.2) is 67.9 Å². The fourth-order valence-electron chi connectivity index (χ4n) is 5.37. The second-order valence-electron chi connectivity index (χ2n) is 8.43.